The fourth-order valence-electron chi connectivity index (χ4n) is 1.42. The van der Waals surface area contributed by atoms with Crippen molar-refractivity contribution in [3.8, 4) is 5.88 Å². The zero-order chi connectivity index (χ0) is 12.7. The molecule has 0 aliphatic heterocycles. The predicted molar refractivity (Wildman–Crippen MR) is 65.8 cm³/mol. The monoisotopic (exact) mass is 240 g/mol. The van der Waals surface area contributed by atoms with Gasteiger partial charge in [0, 0.05) is 19.6 Å². The second-order valence-corrected chi connectivity index (χ2v) is 3.79. The molecule has 0 spiro atoms. The van der Waals surface area contributed by atoms with Crippen LogP contribution in [0.15, 0.2) is 6.07 Å². The van der Waals surface area contributed by atoms with Crippen LogP contribution in [0.25, 0.3) is 0 Å². The first kappa shape index (κ1) is 13.7. The van der Waals surface area contributed by atoms with E-state index < -0.39 is 0 Å². The second kappa shape index (κ2) is 7.03. The summed E-state index contributed by atoms with van der Waals surface area (Å²) in [5, 5.41) is 0. The third-order valence-corrected chi connectivity index (χ3v) is 2.09. The lowest BCUT2D eigenvalue weighted by molar-refractivity contribution is 0.0887. The van der Waals surface area contributed by atoms with Crippen LogP contribution in [-0.2, 0) is 11.2 Å². The topological polar surface area (TPSA) is 82.3 Å². The van der Waals surface area contributed by atoms with Crippen molar-refractivity contribution < 1.29 is 9.47 Å². The van der Waals surface area contributed by atoms with E-state index in [0.29, 0.717) is 18.3 Å². The van der Waals surface area contributed by atoms with Crippen molar-refractivity contribution in [3.63, 3.8) is 0 Å². The van der Waals surface area contributed by atoms with Crippen LogP contribution in [0, 0.1) is 0 Å². The molecule has 17 heavy (non-hydrogen) atoms. The summed E-state index contributed by atoms with van der Waals surface area (Å²) in [5.41, 5.74) is 2.51. The Morgan fingerprint density at radius 1 is 1.47 bits per heavy atom. The Balaban J connectivity index is 2.79. The molecule has 0 fully saturated rings. The number of hydrogen-bond acceptors (Lipinski definition) is 6. The molecule has 1 unspecified atom stereocenters. The zero-order valence-electron chi connectivity index (χ0n) is 10.6. The molecule has 1 atom stereocenters. The van der Waals surface area contributed by atoms with Crippen LogP contribution in [0.4, 0.5) is 5.82 Å². The molecule has 1 aromatic heterocycles. The molecule has 0 amide bonds. The number of hydrogen-bond donors (Lipinski definition) is 2. The Kier molecular flexibility index (Phi) is 5.65. The van der Waals surface area contributed by atoms with E-state index in [1.54, 1.807) is 13.2 Å². The predicted octanol–water partition coefficient (Wildman–Crippen LogP) is 1.13. The van der Waals surface area contributed by atoms with Gasteiger partial charge in [0.2, 0.25) is 5.88 Å². The smallest absolute Gasteiger partial charge is 0.219 e. The lowest BCUT2D eigenvalue weighted by Crippen LogP contribution is -2.19. The van der Waals surface area contributed by atoms with Gasteiger partial charge in [-0.3, -0.25) is 0 Å². The van der Waals surface area contributed by atoms with Gasteiger partial charge in [0.05, 0.1) is 6.61 Å². The first-order valence-electron chi connectivity index (χ1n) is 5.69. The Morgan fingerprint density at radius 2 is 2.24 bits per heavy atom. The first-order valence-corrected chi connectivity index (χ1v) is 5.69. The highest BCUT2D eigenvalue weighted by atomic mass is 16.5. The van der Waals surface area contributed by atoms with Gasteiger partial charge in [0.15, 0.2) is 0 Å². The Hall–Kier alpha value is -1.40. The van der Waals surface area contributed by atoms with Crippen molar-refractivity contribution in [2.24, 2.45) is 5.84 Å². The molecule has 0 aliphatic carbocycles. The number of methoxy groups -OCH3 is 1. The molecule has 96 valence electrons. The number of rotatable bonds is 7. The molecule has 6 heteroatoms. The average Bonchev–Trinajstić information content (AvgIpc) is 2.29. The summed E-state index contributed by atoms with van der Waals surface area (Å²) in [6.45, 7) is 4.50. The summed E-state index contributed by atoms with van der Waals surface area (Å²) in [4.78, 5) is 8.55. The average molecular weight is 240 g/mol. The quantitative estimate of drug-likeness (QED) is 0.549. The molecule has 0 radical (unpaired) electrons. The maximum absolute atomic E-state index is 5.61. The van der Waals surface area contributed by atoms with Crippen molar-refractivity contribution in [1.29, 1.82) is 0 Å². The lowest BCUT2D eigenvalue weighted by Gasteiger charge is -2.14. The van der Waals surface area contributed by atoms with Crippen LogP contribution >= 0.6 is 0 Å². The zero-order valence-corrected chi connectivity index (χ0v) is 10.6. The summed E-state index contributed by atoms with van der Waals surface area (Å²) in [7, 11) is 1.63. The van der Waals surface area contributed by atoms with Gasteiger partial charge in [-0.2, -0.15) is 4.98 Å². The number of aromatic nitrogens is 2. The van der Waals surface area contributed by atoms with Crippen LogP contribution in [0.1, 0.15) is 26.1 Å². The second-order valence-electron chi connectivity index (χ2n) is 3.79. The molecular formula is C11H20N4O2. The summed E-state index contributed by atoms with van der Waals surface area (Å²) in [6.07, 6.45) is 1.71. The van der Waals surface area contributed by atoms with Crippen molar-refractivity contribution in [1.82, 2.24) is 9.97 Å². The highest BCUT2D eigenvalue weighted by Crippen LogP contribution is 2.15. The maximum atomic E-state index is 5.61. The van der Waals surface area contributed by atoms with Crippen molar-refractivity contribution in [2.45, 2.75) is 32.8 Å². The minimum Gasteiger partial charge on any atom is -0.472 e. The van der Waals surface area contributed by atoms with E-state index >= 15 is 0 Å². The van der Waals surface area contributed by atoms with Crippen LogP contribution in [0.5, 0.6) is 5.88 Å². The normalized spacial score (nSPS) is 12.2. The number of ether oxygens (including phenoxy) is 2. The van der Waals surface area contributed by atoms with Gasteiger partial charge < -0.3 is 14.9 Å². The summed E-state index contributed by atoms with van der Waals surface area (Å²) >= 11 is 0. The van der Waals surface area contributed by atoms with Crippen molar-refractivity contribution >= 4 is 5.82 Å². The number of anilines is 1. The molecule has 3 N–H and O–H groups in total. The van der Waals surface area contributed by atoms with E-state index in [-0.39, 0.29) is 6.10 Å². The molecule has 0 saturated heterocycles. The van der Waals surface area contributed by atoms with Gasteiger partial charge in [0.1, 0.15) is 17.7 Å². The van der Waals surface area contributed by atoms with E-state index in [9.17, 15) is 0 Å². The SMILES string of the molecule is CCCc1nc(NN)cc(OC(C)COC)n1. The molecule has 1 aromatic rings. The fraction of sp³-hybridized carbons (Fsp3) is 0.636. The lowest BCUT2D eigenvalue weighted by atomic mass is 10.3. The van der Waals surface area contributed by atoms with Gasteiger partial charge in [-0.25, -0.2) is 10.8 Å². The maximum Gasteiger partial charge on any atom is 0.219 e. The van der Waals surface area contributed by atoms with Gasteiger partial charge in [-0.1, -0.05) is 6.92 Å². The molecular weight excluding hydrogens is 220 g/mol. The number of nitrogens with zero attached hydrogens (tertiary/aromatic N) is 2. The molecule has 0 saturated carbocycles. The Labute approximate surface area is 102 Å². The van der Waals surface area contributed by atoms with E-state index in [1.807, 2.05) is 6.92 Å². The van der Waals surface area contributed by atoms with E-state index in [1.165, 1.54) is 0 Å². The summed E-state index contributed by atoms with van der Waals surface area (Å²) in [6, 6.07) is 1.67. The fourth-order valence-corrected chi connectivity index (χ4v) is 1.42. The standard InChI is InChI=1S/C11H20N4O2/c1-4-5-9-13-10(15-12)6-11(14-9)17-8(2)7-16-3/h6,8H,4-5,7,12H2,1-3H3,(H,13,14,15). The van der Waals surface area contributed by atoms with Crippen molar-refractivity contribution in [3.05, 3.63) is 11.9 Å². The van der Waals surface area contributed by atoms with Crippen molar-refractivity contribution in [2.75, 3.05) is 19.1 Å². The third kappa shape index (κ3) is 4.54. The summed E-state index contributed by atoms with van der Waals surface area (Å²) in [5.74, 6) is 7.15. The number of nitrogens with two attached hydrogens (primary N) is 1. The molecule has 1 heterocycles. The molecule has 6 nitrogen and oxygen atoms in total. The van der Waals surface area contributed by atoms with Gasteiger partial charge in [0.25, 0.3) is 0 Å². The van der Waals surface area contributed by atoms with Crippen LogP contribution in [-0.4, -0.2) is 29.8 Å². The van der Waals surface area contributed by atoms with E-state index in [0.717, 1.165) is 18.7 Å². The number of hydrazine groups is 1. The first-order chi connectivity index (χ1) is 8.19. The molecule has 0 aromatic carbocycles. The highest BCUT2D eigenvalue weighted by Gasteiger charge is 2.08. The summed E-state index contributed by atoms with van der Waals surface area (Å²) < 4.78 is 10.6. The minimum absolute atomic E-state index is 0.0602. The van der Waals surface area contributed by atoms with Gasteiger partial charge >= 0.3 is 0 Å². The van der Waals surface area contributed by atoms with E-state index in [4.69, 9.17) is 15.3 Å². The van der Waals surface area contributed by atoms with Crippen LogP contribution in [0.2, 0.25) is 0 Å². The van der Waals surface area contributed by atoms with Crippen LogP contribution in [0.3, 0.4) is 0 Å². The van der Waals surface area contributed by atoms with Gasteiger partial charge in [-0.05, 0) is 13.3 Å². The largest absolute Gasteiger partial charge is 0.472 e. The molecule has 0 bridgehead atoms. The Morgan fingerprint density at radius 3 is 2.82 bits per heavy atom. The van der Waals surface area contributed by atoms with Gasteiger partial charge in [-0.15, -0.1) is 0 Å². The third-order valence-electron chi connectivity index (χ3n) is 2.09. The number of nitrogens with one attached hydrogen (secondary N) is 1. The molecule has 1 rings (SSSR count). The number of nitrogen functional groups attached to an aromatic ring is 1. The minimum atomic E-state index is -0.0602. The van der Waals surface area contributed by atoms with Crippen LogP contribution < -0.4 is 16.0 Å². The Bertz CT molecular complexity index is 346. The highest BCUT2D eigenvalue weighted by molar-refractivity contribution is 5.37. The molecule has 0 aliphatic rings. The van der Waals surface area contributed by atoms with E-state index in [2.05, 4.69) is 22.3 Å². The number of aryl methyl sites for hydroxylation is 1.